The first kappa shape index (κ1) is 18.0. The van der Waals surface area contributed by atoms with Gasteiger partial charge in [-0.1, -0.05) is 39.3 Å². The Morgan fingerprint density at radius 1 is 1.00 bits per heavy atom. The van der Waals surface area contributed by atoms with E-state index in [4.69, 9.17) is 0 Å². The van der Waals surface area contributed by atoms with E-state index >= 15 is 0 Å². The smallest absolute Gasteiger partial charge is 0.0628 e. The van der Waals surface area contributed by atoms with Crippen molar-refractivity contribution in [3.63, 3.8) is 0 Å². The molecule has 4 aliphatic carbocycles. The van der Waals surface area contributed by atoms with Gasteiger partial charge >= 0.3 is 0 Å². The van der Waals surface area contributed by atoms with Gasteiger partial charge in [0.05, 0.1) is 12.2 Å². The van der Waals surface area contributed by atoms with E-state index in [-0.39, 0.29) is 23.0 Å². The topological polar surface area (TPSA) is 40.5 Å². The van der Waals surface area contributed by atoms with Crippen LogP contribution in [0.25, 0.3) is 0 Å². The highest BCUT2D eigenvalue weighted by Gasteiger charge is 2.61. The molecule has 0 spiro atoms. The van der Waals surface area contributed by atoms with E-state index in [9.17, 15) is 10.2 Å². The fourth-order valence-electron chi connectivity index (χ4n) is 8.22. The quantitative estimate of drug-likeness (QED) is 0.660. The molecule has 0 amide bonds. The first-order valence-electron chi connectivity index (χ1n) is 10.7. The van der Waals surface area contributed by atoms with E-state index in [0.717, 1.165) is 30.6 Å². The highest BCUT2D eigenvalue weighted by molar-refractivity contribution is 5.31. The molecule has 2 nitrogen and oxygen atoms in total. The molecule has 8 atom stereocenters. The standard InChI is InChI=1S/C23H38O2/c1-14(24)16-7-8-17-15-6-9-19-21(2,3)20(25)11-13-23(19,5)18(15)10-12-22(16,17)4/h9,14-18,20,24-25H,6-8,10-13H2,1-5H3/t14-,15?,16?,17?,18?,20?,22?,23?/m1/s1. The zero-order chi connectivity index (χ0) is 18.2. The van der Waals surface area contributed by atoms with Crippen LogP contribution < -0.4 is 0 Å². The Balaban J connectivity index is 1.70. The Kier molecular flexibility index (Phi) is 4.03. The lowest BCUT2D eigenvalue weighted by atomic mass is 9.44. The van der Waals surface area contributed by atoms with Crippen molar-refractivity contribution in [1.29, 1.82) is 0 Å². The molecule has 0 bridgehead atoms. The minimum absolute atomic E-state index is 0.0729. The Labute approximate surface area is 154 Å². The summed E-state index contributed by atoms with van der Waals surface area (Å²) in [5.41, 5.74) is 2.08. The van der Waals surface area contributed by atoms with Crippen LogP contribution in [-0.4, -0.2) is 22.4 Å². The van der Waals surface area contributed by atoms with E-state index in [0.29, 0.717) is 11.3 Å². The summed E-state index contributed by atoms with van der Waals surface area (Å²) in [6.45, 7) is 11.5. The average molecular weight is 347 g/mol. The number of fused-ring (bicyclic) bond motifs is 5. The van der Waals surface area contributed by atoms with Crippen LogP contribution in [0.15, 0.2) is 11.6 Å². The van der Waals surface area contributed by atoms with Gasteiger partial charge in [0.15, 0.2) is 0 Å². The van der Waals surface area contributed by atoms with Crippen molar-refractivity contribution in [2.24, 2.45) is 39.9 Å². The van der Waals surface area contributed by atoms with Gasteiger partial charge in [0.25, 0.3) is 0 Å². The Bertz CT molecular complexity index is 577. The summed E-state index contributed by atoms with van der Waals surface area (Å²) < 4.78 is 0. The lowest BCUT2D eigenvalue weighted by molar-refractivity contribution is -0.0843. The van der Waals surface area contributed by atoms with E-state index in [1.807, 2.05) is 6.92 Å². The van der Waals surface area contributed by atoms with Crippen molar-refractivity contribution in [3.05, 3.63) is 11.6 Å². The van der Waals surface area contributed by atoms with E-state index in [1.54, 1.807) is 5.57 Å². The van der Waals surface area contributed by atoms with Gasteiger partial charge in [0.1, 0.15) is 0 Å². The number of hydrogen-bond acceptors (Lipinski definition) is 2. The van der Waals surface area contributed by atoms with E-state index in [2.05, 4.69) is 33.8 Å². The minimum atomic E-state index is -0.191. The summed E-state index contributed by atoms with van der Waals surface area (Å²) in [6, 6.07) is 0. The molecule has 0 aromatic rings. The largest absolute Gasteiger partial charge is 0.393 e. The van der Waals surface area contributed by atoms with Crippen LogP contribution in [0.4, 0.5) is 0 Å². The molecule has 0 saturated heterocycles. The molecule has 25 heavy (non-hydrogen) atoms. The van der Waals surface area contributed by atoms with Crippen LogP contribution in [0.5, 0.6) is 0 Å². The fourth-order valence-corrected chi connectivity index (χ4v) is 8.22. The zero-order valence-electron chi connectivity index (χ0n) is 16.9. The molecule has 3 saturated carbocycles. The fraction of sp³-hybridized carbons (Fsp3) is 0.913. The molecule has 0 aliphatic heterocycles. The van der Waals surface area contributed by atoms with Gasteiger partial charge in [-0.2, -0.15) is 0 Å². The van der Waals surface area contributed by atoms with Crippen LogP contribution >= 0.6 is 0 Å². The number of aliphatic hydroxyl groups excluding tert-OH is 2. The van der Waals surface area contributed by atoms with Gasteiger partial charge in [-0.15, -0.1) is 0 Å². The van der Waals surface area contributed by atoms with Crippen LogP contribution in [0, 0.1) is 39.9 Å². The Morgan fingerprint density at radius 3 is 2.40 bits per heavy atom. The third kappa shape index (κ3) is 2.29. The molecule has 2 N–H and O–H groups in total. The van der Waals surface area contributed by atoms with Crippen LogP contribution in [0.2, 0.25) is 0 Å². The van der Waals surface area contributed by atoms with Crippen molar-refractivity contribution in [3.8, 4) is 0 Å². The molecule has 3 fully saturated rings. The van der Waals surface area contributed by atoms with Crippen molar-refractivity contribution in [1.82, 2.24) is 0 Å². The van der Waals surface area contributed by atoms with E-state index in [1.165, 1.54) is 32.1 Å². The van der Waals surface area contributed by atoms with Gasteiger partial charge in [-0.25, -0.2) is 0 Å². The summed E-state index contributed by atoms with van der Waals surface area (Å²) in [5, 5.41) is 21.0. The monoisotopic (exact) mass is 346 g/mol. The van der Waals surface area contributed by atoms with Crippen molar-refractivity contribution in [2.75, 3.05) is 0 Å². The van der Waals surface area contributed by atoms with Gasteiger partial charge in [-0.05, 0) is 86.4 Å². The summed E-state index contributed by atoms with van der Waals surface area (Å²) >= 11 is 0. The van der Waals surface area contributed by atoms with Crippen LogP contribution in [0.1, 0.15) is 79.6 Å². The molecule has 4 aliphatic rings. The molecule has 142 valence electrons. The molecule has 4 rings (SSSR count). The van der Waals surface area contributed by atoms with Crippen LogP contribution in [-0.2, 0) is 0 Å². The summed E-state index contributed by atoms with van der Waals surface area (Å²) in [5.74, 6) is 2.81. The third-order valence-corrected chi connectivity index (χ3v) is 9.58. The summed E-state index contributed by atoms with van der Waals surface area (Å²) in [6.07, 6.45) is 10.6. The van der Waals surface area contributed by atoms with Crippen LogP contribution in [0.3, 0.4) is 0 Å². The Morgan fingerprint density at radius 2 is 1.72 bits per heavy atom. The predicted octanol–water partition coefficient (Wildman–Crippen LogP) is 4.94. The maximum Gasteiger partial charge on any atom is 0.0628 e. The number of rotatable bonds is 1. The summed E-state index contributed by atoms with van der Waals surface area (Å²) in [4.78, 5) is 0. The molecule has 0 heterocycles. The van der Waals surface area contributed by atoms with Gasteiger partial charge in [0, 0.05) is 5.41 Å². The molecular weight excluding hydrogens is 308 g/mol. The second-order valence-electron chi connectivity index (χ2n) is 10.9. The third-order valence-electron chi connectivity index (χ3n) is 9.58. The first-order chi connectivity index (χ1) is 11.6. The Hall–Kier alpha value is -0.340. The lowest BCUT2D eigenvalue weighted by Gasteiger charge is -2.61. The molecule has 2 heteroatoms. The second-order valence-corrected chi connectivity index (χ2v) is 10.9. The normalized spacial score (nSPS) is 52.6. The average Bonchev–Trinajstić information content (AvgIpc) is 2.89. The number of hydrogen-bond donors (Lipinski definition) is 2. The summed E-state index contributed by atoms with van der Waals surface area (Å²) in [7, 11) is 0. The molecule has 0 aromatic carbocycles. The highest BCUT2D eigenvalue weighted by atomic mass is 16.3. The molecule has 7 unspecified atom stereocenters. The number of allylic oxidation sites excluding steroid dienone is 1. The highest BCUT2D eigenvalue weighted by Crippen LogP contribution is 2.68. The van der Waals surface area contributed by atoms with Crippen molar-refractivity contribution < 1.29 is 10.2 Å². The first-order valence-corrected chi connectivity index (χ1v) is 10.7. The maximum atomic E-state index is 10.6. The SMILES string of the molecule is C[C@@H](O)C1CCC2C3CC=C4C(C)(C)C(O)CCC4(C)C3CCC21C. The van der Waals surface area contributed by atoms with Gasteiger partial charge in [-0.3, -0.25) is 0 Å². The molecule has 0 radical (unpaired) electrons. The van der Waals surface area contributed by atoms with Gasteiger partial charge in [0.2, 0.25) is 0 Å². The lowest BCUT2D eigenvalue weighted by Crippen LogP contribution is -2.54. The van der Waals surface area contributed by atoms with Crippen molar-refractivity contribution >= 4 is 0 Å². The molecular formula is C23H38O2. The van der Waals surface area contributed by atoms with E-state index < -0.39 is 0 Å². The van der Waals surface area contributed by atoms with Crippen molar-refractivity contribution in [2.45, 2.75) is 91.8 Å². The minimum Gasteiger partial charge on any atom is -0.393 e. The second kappa shape index (κ2) is 5.58. The zero-order valence-corrected chi connectivity index (χ0v) is 16.9. The maximum absolute atomic E-state index is 10.6. The van der Waals surface area contributed by atoms with Gasteiger partial charge < -0.3 is 10.2 Å². The number of aliphatic hydroxyl groups is 2. The molecule has 0 aromatic heterocycles. The predicted molar refractivity (Wildman–Crippen MR) is 102 cm³/mol.